The van der Waals surface area contributed by atoms with Crippen LogP contribution in [0, 0.1) is 6.92 Å². The molecule has 6 nitrogen and oxygen atoms in total. The van der Waals surface area contributed by atoms with Crippen molar-refractivity contribution in [3.63, 3.8) is 0 Å². The van der Waals surface area contributed by atoms with E-state index in [9.17, 15) is 9.90 Å². The average Bonchev–Trinajstić information content (AvgIpc) is 2.95. The monoisotopic (exact) mass is 298 g/mol. The Hall–Kier alpha value is -2.31. The fourth-order valence-corrected chi connectivity index (χ4v) is 2.44. The molecule has 3 N–H and O–H groups in total. The molecule has 1 aliphatic rings. The minimum atomic E-state index is -0.448. The van der Waals surface area contributed by atoms with Gasteiger partial charge in [0.1, 0.15) is 0 Å². The zero-order valence-corrected chi connectivity index (χ0v) is 12.3. The number of benzene rings is 1. The fraction of sp³-hybridized carbons (Fsp3) is 0.312. The number of carbonyl (C=O) groups is 1. The van der Waals surface area contributed by atoms with Crippen molar-refractivity contribution < 1.29 is 9.90 Å². The third kappa shape index (κ3) is 3.29. The Morgan fingerprint density at radius 1 is 1.32 bits per heavy atom. The van der Waals surface area contributed by atoms with Crippen LogP contribution in [0.4, 0.5) is 5.69 Å². The van der Waals surface area contributed by atoms with Crippen LogP contribution >= 0.6 is 0 Å². The lowest BCUT2D eigenvalue weighted by Gasteiger charge is -2.11. The van der Waals surface area contributed by atoms with E-state index >= 15 is 0 Å². The SMILES string of the molecule is Cc1ccnc(-c2ccc(NC(=O)C3CC(O)CN3)cc2)n1. The molecule has 114 valence electrons. The van der Waals surface area contributed by atoms with Crippen LogP contribution < -0.4 is 10.6 Å². The van der Waals surface area contributed by atoms with E-state index in [1.807, 2.05) is 37.3 Å². The van der Waals surface area contributed by atoms with Crippen molar-refractivity contribution in [3.05, 3.63) is 42.2 Å². The van der Waals surface area contributed by atoms with Gasteiger partial charge in [-0.15, -0.1) is 0 Å². The van der Waals surface area contributed by atoms with Crippen molar-refractivity contribution >= 4 is 11.6 Å². The van der Waals surface area contributed by atoms with Crippen LogP contribution in [0.15, 0.2) is 36.5 Å². The van der Waals surface area contributed by atoms with E-state index in [0.29, 0.717) is 24.5 Å². The van der Waals surface area contributed by atoms with Gasteiger partial charge in [-0.3, -0.25) is 4.79 Å². The topological polar surface area (TPSA) is 87.1 Å². The van der Waals surface area contributed by atoms with Crippen LogP contribution in [-0.4, -0.2) is 39.7 Å². The van der Waals surface area contributed by atoms with Crippen LogP contribution in [0.1, 0.15) is 12.1 Å². The van der Waals surface area contributed by atoms with Gasteiger partial charge >= 0.3 is 0 Å². The summed E-state index contributed by atoms with van der Waals surface area (Å²) >= 11 is 0. The minimum Gasteiger partial charge on any atom is -0.392 e. The number of amides is 1. The lowest BCUT2D eigenvalue weighted by Crippen LogP contribution is -2.35. The van der Waals surface area contributed by atoms with Crippen molar-refractivity contribution in [2.75, 3.05) is 11.9 Å². The van der Waals surface area contributed by atoms with E-state index in [0.717, 1.165) is 11.3 Å². The first-order valence-corrected chi connectivity index (χ1v) is 7.24. The number of β-amino-alcohol motifs (C(OH)–C–C–N with tert-alkyl or cyclic N) is 1. The van der Waals surface area contributed by atoms with Crippen molar-refractivity contribution in [1.29, 1.82) is 0 Å². The number of aliphatic hydroxyl groups is 1. The van der Waals surface area contributed by atoms with Crippen molar-refractivity contribution in [1.82, 2.24) is 15.3 Å². The Bertz CT molecular complexity index is 672. The summed E-state index contributed by atoms with van der Waals surface area (Å²) in [5.74, 6) is 0.537. The molecule has 1 aromatic carbocycles. The highest BCUT2D eigenvalue weighted by Crippen LogP contribution is 2.18. The third-order valence-electron chi connectivity index (χ3n) is 3.63. The lowest BCUT2D eigenvalue weighted by atomic mass is 10.1. The molecule has 1 amide bonds. The molecule has 2 heterocycles. The summed E-state index contributed by atoms with van der Waals surface area (Å²) in [6, 6.07) is 8.91. The summed E-state index contributed by atoms with van der Waals surface area (Å²) in [5, 5.41) is 15.3. The number of rotatable bonds is 3. The molecule has 22 heavy (non-hydrogen) atoms. The van der Waals surface area contributed by atoms with E-state index < -0.39 is 6.10 Å². The van der Waals surface area contributed by atoms with Gasteiger partial charge in [-0.1, -0.05) is 0 Å². The van der Waals surface area contributed by atoms with Crippen molar-refractivity contribution in [3.8, 4) is 11.4 Å². The smallest absolute Gasteiger partial charge is 0.241 e. The van der Waals surface area contributed by atoms with Crippen molar-refractivity contribution in [2.45, 2.75) is 25.5 Å². The van der Waals surface area contributed by atoms with Crippen LogP contribution in [-0.2, 0) is 4.79 Å². The van der Waals surface area contributed by atoms with Crippen LogP contribution in [0.25, 0.3) is 11.4 Å². The molecule has 0 saturated carbocycles. The predicted octanol–water partition coefficient (Wildman–Crippen LogP) is 1.11. The second kappa shape index (κ2) is 6.21. The van der Waals surface area contributed by atoms with E-state index in [1.165, 1.54) is 0 Å². The quantitative estimate of drug-likeness (QED) is 0.790. The summed E-state index contributed by atoms with van der Waals surface area (Å²) in [6.07, 6.45) is 1.72. The molecule has 0 aliphatic carbocycles. The van der Waals surface area contributed by atoms with Gasteiger partial charge in [0.25, 0.3) is 0 Å². The molecule has 1 saturated heterocycles. The largest absolute Gasteiger partial charge is 0.392 e. The van der Waals surface area contributed by atoms with Crippen LogP contribution in [0.5, 0.6) is 0 Å². The number of aliphatic hydroxyl groups excluding tert-OH is 1. The summed E-state index contributed by atoms with van der Waals surface area (Å²) in [5.41, 5.74) is 2.52. The molecule has 1 fully saturated rings. The molecular formula is C16H18N4O2. The second-order valence-electron chi connectivity index (χ2n) is 5.44. The minimum absolute atomic E-state index is 0.129. The van der Waals surface area contributed by atoms with Crippen LogP contribution in [0.3, 0.4) is 0 Å². The Labute approximate surface area is 128 Å². The average molecular weight is 298 g/mol. The first kappa shape index (κ1) is 14.6. The molecule has 3 rings (SSSR count). The first-order chi connectivity index (χ1) is 10.6. The summed E-state index contributed by atoms with van der Waals surface area (Å²) in [7, 11) is 0. The lowest BCUT2D eigenvalue weighted by molar-refractivity contribution is -0.117. The zero-order chi connectivity index (χ0) is 15.5. The predicted molar refractivity (Wildman–Crippen MR) is 83.2 cm³/mol. The van der Waals surface area contributed by atoms with Gasteiger partial charge in [0.05, 0.1) is 12.1 Å². The van der Waals surface area contributed by atoms with Gasteiger partial charge in [-0.2, -0.15) is 0 Å². The molecule has 0 bridgehead atoms. The maximum Gasteiger partial charge on any atom is 0.241 e. The third-order valence-corrected chi connectivity index (χ3v) is 3.63. The van der Waals surface area contributed by atoms with E-state index in [1.54, 1.807) is 6.20 Å². The first-order valence-electron chi connectivity index (χ1n) is 7.24. The summed E-state index contributed by atoms with van der Waals surface area (Å²) < 4.78 is 0. The molecule has 0 radical (unpaired) electrons. The van der Waals surface area contributed by atoms with Gasteiger partial charge in [0, 0.05) is 29.7 Å². The number of nitrogens with zero attached hydrogens (tertiary/aromatic N) is 2. The maximum absolute atomic E-state index is 12.1. The van der Waals surface area contributed by atoms with Gasteiger partial charge in [-0.05, 0) is 43.7 Å². The second-order valence-corrected chi connectivity index (χ2v) is 5.44. The van der Waals surface area contributed by atoms with Crippen molar-refractivity contribution in [2.24, 2.45) is 0 Å². The van der Waals surface area contributed by atoms with Gasteiger partial charge in [0.2, 0.25) is 5.91 Å². The van der Waals surface area contributed by atoms with Gasteiger partial charge in [0.15, 0.2) is 5.82 Å². The molecular weight excluding hydrogens is 280 g/mol. The molecule has 2 atom stereocenters. The van der Waals surface area contributed by atoms with E-state index in [-0.39, 0.29) is 11.9 Å². The highest BCUT2D eigenvalue weighted by molar-refractivity contribution is 5.95. The fourth-order valence-electron chi connectivity index (χ4n) is 2.44. The number of anilines is 1. The molecule has 1 aliphatic heterocycles. The molecule has 0 spiro atoms. The Morgan fingerprint density at radius 2 is 2.09 bits per heavy atom. The molecule has 2 aromatic rings. The standard InChI is InChI=1S/C16H18N4O2/c1-10-6-7-17-15(19-10)11-2-4-12(5-3-11)20-16(22)14-8-13(21)9-18-14/h2-7,13-14,18,21H,8-9H2,1H3,(H,20,22). The Balaban J connectivity index is 1.68. The van der Waals surface area contributed by atoms with Gasteiger partial charge < -0.3 is 15.7 Å². The van der Waals surface area contributed by atoms with Crippen LogP contribution in [0.2, 0.25) is 0 Å². The van der Waals surface area contributed by atoms with E-state index in [2.05, 4.69) is 20.6 Å². The Morgan fingerprint density at radius 3 is 2.73 bits per heavy atom. The molecule has 2 unspecified atom stereocenters. The number of aryl methyl sites for hydroxylation is 1. The number of aromatic nitrogens is 2. The molecule has 1 aromatic heterocycles. The van der Waals surface area contributed by atoms with Gasteiger partial charge in [-0.25, -0.2) is 9.97 Å². The Kier molecular flexibility index (Phi) is 4.13. The summed E-state index contributed by atoms with van der Waals surface area (Å²) in [4.78, 5) is 20.7. The highest BCUT2D eigenvalue weighted by atomic mass is 16.3. The number of hydrogen-bond acceptors (Lipinski definition) is 5. The summed E-state index contributed by atoms with van der Waals surface area (Å²) in [6.45, 7) is 2.38. The number of carbonyl (C=O) groups excluding carboxylic acids is 1. The normalized spacial score (nSPS) is 20.8. The maximum atomic E-state index is 12.1. The zero-order valence-electron chi connectivity index (χ0n) is 12.3. The molecule has 6 heteroatoms. The number of nitrogens with one attached hydrogen (secondary N) is 2. The highest BCUT2D eigenvalue weighted by Gasteiger charge is 2.27. The van der Waals surface area contributed by atoms with E-state index in [4.69, 9.17) is 0 Å². The number of hydrogen-bond donors (Lipinski definition) is 3.